The summed E-state index contributed by atoms with van der Waals surface area (Å²) in [6.07, 6.45) is 51.1. The molecule has 2 heterocycles. The maximum Gasteiger partial charge on any atom is 0.220 e. The molecule has 0 radical (unpaired) electrons. The van der Waals surface area contributed by atoms with Crippen molar-refractivity contribution in [2.24, 2.45) is 0 Å². The van der Waals surface area contributed by atoms with E-state index in [1.54, 1.807) is 6.08 Å². The Kier molecular flexibility index (Phi) is 51.0. The summed E-state index contributed by atoms with van der Waals surface area (Å²) in [6, 6.07) is -0.929. The minimum atomic E-state index is -1.79. The summed E-state index contributed by atoms with van der Waals surface area (Å²) in [6.45, 7) is 2.83. The molecule has 0 bridgehead atoms. The highest BCUT2D eigenvalue weighted by Gasteiger charge is 2.51. The number of aliphatic hydroxyl groups is 8. The van der Waals surface area contributed by atoms with E-state index in [4.69, 9.17) is 18.9 Å². The van der Waals surface area contributed by atoms with Crippen LogP contribution in [0.3, 0.4) is 0 Å². The van der Waals surface area contributed by atoms with Gasteiger partial charge in [-0.15, -0.1) is 0 Å². The molecule has 2 rings (SSSR count). The molecule has 0 aromatic heterocycles. The average Bonchev–Trinajstić information content (AvgIpc) is 3.59. The quantitative estimate of drug-likeness (QED) is 0.0204. The molecule has 490 valence electrons. The highest BCUT2D eigenvalue weighted by molar-refractivity contribution is 5.76. The van der Waals surface area contributed by atoms with Crippen LogP contribution in [0.15, 0.2) is 24.3 Å². The summed E-state index contributed by atoms with van der Waals surface area (Å²) in [5.74, 6) is -0.242. The Bertz CT molecular complexity index is 1490. The van der Waals surface area contributed by atoms with Gasteiger partial charge in [0.2, 0.25) is 5.91 Å². The van der Waals surface area contributed by atoms with Gasteiger partial charge in [-0.2, -0.15) is 0 Å². The second kappa shape index (κ2) is 54.6. The highest BCUT2D eigenvalue weighted by atomic mass is 16.7. The van der Waals surface area contributed by atoms with E-state index in [1.165, 1.54) is 250 Å². The van der Waals surface area contributed by atoms with Crippen LogP contribution in [-0.2, 0) is 23.7 Å². The molecule has 0 aromatic carbocycles. The molecule has 12 atom stereocenters. The fraction of sp³-hybridized carbons (Fsp3) is 0.928. The number of aliphatic hydroxyl groups excluding tert-OH is 8. The van der Waals surface area contributed by atoms with Crippen LogP contribution in [0.25, 0.3) is 0 Å². The standard InChI is InChI=1S/C69H131NO13/c1-3-5-7-9-11-13-15-17-19-21-23-24-25-26-27-28-29-30-31-32-33-34-35-37-39-41-43-45-47-49-51-53-61(74)70-57(58(73)52-50-48-46-44-42-40-38-36-22-20-18-16-14-12-10-8-6-4-2)56-80-68-66(79)64(77)67(60(55-72)82-68)83-69-65(78)63(76)62(75)59(54-71)81-69/h42,44,50,52,57-60,62-69,71-73,75-79H,3-41,43,45-49,51,53-56H2,1-2H3,(H,70,74)/b44-42+,52-50+. The Labute approximate surface area is 507 Å². The number of carbonyl (C=O) groups excluding carboxylic acids is 1. The van der Waals surface area contributed by atoms with Crippen LogP contribution in [0.5, 0.6) is 0 Å². The van der Waals surface area contributed by atoms with Crippen LogP contribution in [0.4, 0.5) is 0 Å². The second-order valence-electron chi connectivity index (χ2n) is 25.0. The fourth-order valence-electron chi connectivity index (χ4n) is 11.8. The molecule has 0 aliphatic carbocycles. The van der Waals surface area contributed by atoms with Gasteiger partial charge in [-0.05, 0) is 32.1 Å². The molecular weight excluding hydrogens is 1050 g/mol. The van der Waals surface area contributed by atoms with Crippen molar-refractivity contribution in [3.05, 3.63) is 24.3 Å². The Morgan fingerprint density at radius 3 is 1.18 bits per heavy atom. The number of rotatable bonds is 58. The summed E-state index contributed by atoms with van der Waals surface area (Å²) >= 11 is 0. The topological polar surface area (TPSA) is 228 Å². The second-order valence-corrected chi connectivity index (χ2v) is 25.0. The number of nitrogens with one attached hydrogen (secondary N) is 1. The van der Waals surface area contributed by atoms with Crippen molar-refractivity contribution in [2.75, 3.05) is 19.8 Å². The molecule has 2 aliphatic rings. The lowest BCUT2D eigenvalue weighted by atomic mass is 9.97. The minimum Gasteiger partial charge on any atom is -0.394 e. The van der Waals surface area contributed by atoms with Gasteiger partial charge in [-0.25, -0.2) is 0 Å². The zero-order valence-corrected chi connectivity index (χ0v) is 53.2. The van der Waals surface area contributed by atoms with Crippen LogP contribution in [0.1, 0.15) is 316 Å². The third-order valence-corrected chi connectivity index (χ3v) is 17.4. The van der Waals surface area contributed by atoms with E-state index in [9.17, 15) is 45.6 Å². The molecular formula is C69H131NO13. The van der Waals surface area contributed by atoms with Gasteiger partial charge >= 0.3 is 0 Å². The zero-order valence-electron chi connectivity index (χ0n) is 53.2. The predicted molar refractivity (Wildman–Crippen MR) is 337 cm³/mol. The summed E-state index contributed by atoms with van der Waals surface area (Å²) in [5.41, 5.74) is 0. The molecule has 2 saturated heterocycles. The SMILES string of the molecule is CCCCCCCCCCCCCC/C=C/CC/C=C/C(O)C(COC1OC(CO)C(OC2OC(CO)C(O)C(O)C2O)C(O)C1O)NC(=O)CCCCCCCCCCCCCCCCCCCCCCCCCCCCCCCCC. The smallest absolute Gasteiger partial charge is 0.220 e. The fourth-order valence-corrected chi connectivity index (χ4v) is 11.8. The molecule has 0 saturated carbocycles. The Morgan fingerprint density at radius 2 is 0.771 bits per heavy atom. The van der Waals surface area contributed by atoms with Gasteiger partial charge in [0.25, 0.3) is 0 Å². The lowest BCUT2D eigenvalue weighted by Crippen LogP contribution is -2.65. The molecule has 2 aliphatic heterocycles. The minimum absolute atomic E-state index is 0.242. The van der Waals surface area contributed by atoms with Crippen LogP contribution in [-0.4, -0.2) is 140 Å². The first kappa shape index (κ1) is 77.6. The Hall–Kier alpha value is -1.53. The van der Waals surface area contributed by atoms with E-state index >= 15 is 0 Å². The van der Waals surface area contributed by atoms with Crippen LogP contribution in [0, 0.1) is 0 Å². The van der Waals surface area contributed by atoms with E-state index in [2.05, 4.69) is 31.3 Å². The third kappa shape index (κ3) is 39.2. The maximum absolute atomic E-state index is 13.3. The third-order valence-electron chi connectivity index (χ3n) is 17.4. The van der Waals surface area contributed by atoms with Gasteiger partial charge in [0, 0.05) is 6.42 Å². The monoisotopic (exact) mass is 1180 g/mol. The number of allylic oxidation sites excluding steroid dienone is 3. The van der Waals surface area contributed by atoms with Gasteiger partial charge in [-0.3, -0.25) is 4.79 Å². The molecule has 83 heavy (non-hydrogen) atoms. The molecule has 14 nitrogen and oxygen atoms in total. The molecule has 0 aromatic rings. The van der Waals surface area contributed by atoms with Crippen molar-refractivity contribution in [1.29, 1.82) is 0 Å². The average molecular weight is 1180 g/mol. The first-order valence-corrected chi connectivity index (χ1v) is 35.1. The van der Waals surface area contributed by atoms with Crippen molar-refractivity contribution < 1.29 is 64.6 Å². The molecule has 9 N–H and O–H groups in total. The number of carbonyl (C=O) groups is 1. The lowest BCUT2D eigenvalue weighted by Gasteiger charge is -2.46. The summed E-state index contributed by atoms with van der Waals surface area (Å²) in [7, 11) is 0. The maximum atomic E-state index is 13.3. The summed E-state index contributed by atoms with van der Waals surface area (Å²) in [5, 5.41) is 87.3. The number of amides is 1. The summed E-state index contributed by atoms with van der Waals surface area (Å²) < 4.78 is 22.8. The molecule has 2 fully saturated rings. The predicted octanol–water partition coefficient (Wildman–Crippen LogP) is 14.0. The summed E-state index contributed by atoms with van der Waals surface area (Å²) in [4.78, 5) is 13.3. The number of hydrogen-bond acceptors (Lipinski definition) is 13. The lowest BCUT2D eigenvalue weighted by molar-refractivity contribution is -0.359. The van der Waals surface area contributed by atoms with E-state index in [0.29, 0.717) is 12.8 Å². The van der Waals surface area contributed by atoms with Gasteiger partial charge < -0.3 is 65.1 Å². The van der Waals surface area contributed by atoms with Gasteiger partial charge in [0.15, 0.2) is 12.6 Å². The van der Waals surface area contributed by atoms with Crippen LogP contribution < -0.4 is 5.32 Å². The van der Waals surface area contributed by atoms with E-state index in [-0.39, 0.29) is 18.9 Å². The van der Waals surface area contributed by atoms with Gasteiger partial charge in [-0.1, -0.05) is 301 Å². The van der Waals surface area contributed by atoms with Crippen molar-refractivity contribution >= 4 is 5.91 Å². The Balaban J connectivity index is 1.65. The first-order valence-electron chi connectivity index (χ1n) is 35.1. The van der Waals surface area contributed by atoms with Crippen molar-refractivity contribution in [1.82, 2.24) is 5.32 Å². The van der Waals surface area contributed by atoms with Crippen molar-refractivity contribution in [3.8, 4) is 0 Å². The number of unbranched alkanes of at least 4 members (excludes halogenated alkanes) is 43. The number of ether oxygens (including phenoxy) is 4. The molecule has 1 amide bonds. The van der Waals surface area contributed by atoms with Crippen molar-refractivity contribution in [2.45, 2.75) is 389 Å². The van der Waals surface area contributed by atoms with Gasteiger partial charge in [0.05, 0.1) is 32.0 Å². The normalized spacial score (nSPS) is 23.9. The highest BCUT2D eigenvalue weighted by Crippen LogP contribution is 2.30. The molecule has 0 spiro atoms. The number of hydrogen-bond donors (Lipinski definition) is 9. The van der Waals surface area contributed by atoms with E-state index < -0.39 is 86.8 Å². The van der Waals surface area contributed by atoms with Crippen molar-refractivity contribution in [3.63, 3.8) is 0 Å². The first-order chi connectivity index (χ1) is 40.6. The van der Waals surface area contributed by atoms with Gasteiger partial charge in [0.1, 0.15) is 48.8 Å². The van der Waals surface area contributed by atoms with E-state index in [0.717, 1.165) is 32.1 Å². The largest absolute Gasteiger partial charge is 0.394 e. The molecule has 14 heteroatoms. The van der Waals surface area contributed by atoms with E-state index in [1.807, 2.05) is 6.08 Å². The van der Waals surface area contributed by atoms with Crippen LogP contribution >= 0.6 is 0 Å². The zero-order chi connectivity index (χ0) is 60.2. The van der Waals surface area contributed by atoms with Crippen LogP contribution in [0.2, 0.25) is 0 Å². The Morgan fingerprint density at radius 1 is 0.422 bits per heavy atom. The molecule has 12 unspecified atom stereocenters.